The summed E-state index contributed by atoms with van der Waals surface area (Å²) in [6.07, 6.45) is 0. The summed E-state index contributed by atoms with van der Waals surface area (Å²) in [6.45, 7) is 0. The van der Waals surface area contributed by atoms with Crippen LogP contribution in [0.1, 0.15) is 10.4 Å². The maximum atomic E-state index is 13.2. The minimum Gasteiger partial charge on any atom is -0.454 e. The van der Waals surface area contributed by atoms with Crippen LogP contribution in [0.25, 0.3) is 33.7 Å². The van der Waals surface area contributed by atoms with Gasteiger partial charge in [-0.2, -0.15) is 0 Å². The van der Waals surface area contributed by atoms with Gasteiger partial charge >= 0.3 is 0 Å². The predicted molar refractivity (Wildman–Crippen MR) is 124 cm³/mol. The van der Waals surface area contributed by atoms with Crippen molar-refractivity contribution in [2.45, 2.75) is 0 Å². The highest BCUT2D eigenvalue weighted by molar-refractivity contribution is 6.33. The average molecular weight is 443 g/mol. The molecule has 0 fully saturated rings. The third kappa shape index (κ3) is 3.86. The fourth-order valence-corrected chi connectivity index (χ4v) is 3.73. The molecule has 2 aromatic heterocycles. The van der Waals surface area contributed by atoms with Gasteiger partial charge in [0.05, 0.1) is 16.1 Å². The molecule has 32 heavy (non-hydrogen) atoms. The van der Waals surface area contributed by atoms with Crippen molar-refractivity contribution in [2.75, 3.05) is 5.32 Å². The van der Waals surface area contributed by atoms with Crippen LogP contribution in [0, 0.1) is 5.82 Å². The van der Waals surface area contributed by atoms with Crippen molar-refractivity contribution in [3.05, 3.63) is 107 Å². The number of aromatic nitrogens is 1. The fourth-order valence-electron chi connectivity index (χ4n) is 3.50. The average Bonchev–Trinajstić information content (AvgIpc) is 3.30. The lowest BCUT2D eigenvalue weighted by Gasteiger charge is -2.10. The molecular formula is C26H16ClFN2O2. The minimum absolute atomic E-state index is 0.325. The van der Waals surface area contributed by atoms with Gasteiger partial charge in [-0.05, 0) is 60.7 Å². The van der Waals surface area contributed by atoms with E-state index in [0.717, 1.165) is 5.56 Å². The zero-order valence-electron chi connectivity index (χ0n) is 16.7. The molecular weight excluding hydrogens is 427 g/mol. The predicted octanol–water partition coefficient (Wildman–Crippen LogP) is 7.21. The molecule has 6 heteroatoms. The molecule has 0 radical (unpaired) electrons. The van der Waals surface area contributed by atoms with Crippen molar-refractivity contribution in [2.24, 2.45) is 0 Å². The number of carbonyl (C=O) groups is 1. The number of nitrogens with zero attached hydrogens (tertiary/aromatic N) is 1. The Bertz CT molecular complexity index is 1440. The number of carbonyl (C=O) groups excluding carboxylic acids is 1. The highest BCUT2D eigenvalue weighted by Gasteiger charge is 2.17. The van der Waals surface area contributed by atoms with E-state index in [2.05, 4.69) is 10.3 Å². The summed E-state index contributed by atoms with van der Waals surface area (Å²) >= 11 is 6.29. The van der Waals surface area contributed by atoms with Crippen molar-refractivity contribution in [1.82, 2.24) is 4.98 Å². The Hall–Kier alpha value is -3.96. The van der Waals surface area contributed by atoms with Gasteiger partial charge in [0.25, 0.3) is 5.91 Å². The van der Waals surface area contributed by atoms with Crippen molar-refractivity contribution < 1.29 is 13.6 Å². The summed E-state index contributed by atoms with van der Waals surface area (Å²) in [7, 11) is 0. The Morgan fingerprint density at radius 3 is 2.41 bits per heavy atom. The molecule has 0 aliphatic heterocycles. The largest absolute Gasteiger partial charge is 0.454 e. The zero-order valence-corrected chi connectivity index (χ0v) is 17.4. The lowest BCUT2D eigenvalue weighted by Crippen LogP contribution is -2.13. The highest BCUT2D eigenvalue weighted by atomic mass is 35.5. The summed E-state index contributed by atoms with van der Waals surface area (Å²) in [5, 5.41) is 4.10. The fraction of sp³-hybridized carbons (Fsp3) is 0. The van der Waals surface area contributed by atoms with E-state index in [1.807, 2.05) is 48.5 Å². The van der Waals surface area contributed by atoms with E-state index in [-0.39, 0.29) is 11.7 Å². The van der Waals surface area contributed by atoms with Crippen LogP contribution >= 0.6 is 11.6 Å². The molecule has 0 aliphatic rings. The molecule has 3 aromatic carbocycles. The van der Waals surface area contributed by atoms with Gasteiger partial charge in [-0.15, -0.1) is 0 Å². The first-order chi connectivity index (χ1) is 15.6. The van der Waals surface area contributed by atoms with E-state index >= 15 is 0 Å². The molecule has 5 rings (SSSR count). The summed E-state index contributed by atoms with van der Waals surface area (Å²) in [4.78, 5) is 17.8. The molecule has 1 amide bonds. The molecule has 2 heterocycles. The minimum atomic E-state index is -0.369. The second kappa shape index (κ2) is 8.29. The Kier molecular flexibility index (Phi) is 5.17. The van der Waals surface area contributed by atoms with E-state index in [1.54, 1.807) is 18.2 Å². The van der Waals surface area contributed by atoms with Crippen molar-refractivity contribution >= 4 is 34.1 Å². The van der Waals surface area contributed by atoms with Crippen molar-refractivity contribution in [3.8, 4) is 22.8 Å². The summed E-state index contributed by atoms with van der Waals surface area (Å²) in [5.74, 6) is 0.431. The summed E-state index contributed by atoms with van der Waals surface area (Å²) in [6, 6.07) is 25.7. The Labute approximate surface area is 188 Å². The smallest absolute Gasteiger partial charge is 0.256 e. The zero-order chi connectivity index (χ0) is 22.1. The number of furan rings is 1. The molecule has 0 saturated carbocycles. The Morgan fingerprint density at radius 2 is 1.59 bits per heavy atom. The number of rotatable bonds is 4. The van der Waals surface area contributed by atoms with Crippen LogP contribution < -0.4 is 5.32 Å². The van der Waals surface area contributed by atoms with Crippen LogP contribution in [-0.4, -0.2) is 10.9 Å². The van der Waals surface area contributed by atoms with E-state index in [4.69, 9.17) is 16.0 Å². The van der Waals surface area contributed by atoms with Crippen molar-refractivity contribution in [3.63, 3.8) is 0 Å². The first-order valence-electron chi connectivity index (χ1n) is 9.90. The number of hydrogen-bond donors (Lipinski definition) is 1. The molecule has 0 unspecified atom stereocenters. The second-order valence-electron chi connectivity index (χ2n) is 7.18. The van der Waals surface area contributed by atoms with Crippen LogP contribution in [-0.2, 0) is 0 Å². The quantitative estimate of drug-likeness (QED) is 0.320. The van der Waals surface area contributed by atoms with Gasteiger partial charge in [0, 0.05) is 16.6 Å². The van der Waals surface area contributed by atoms with Crippen LogP contribution in [0.15, 0.2) is 95.4 Å². The first kappa shape index (κ1) is 20.0. The lowest BCUT2D eigenvalue weighted by atomic mass is 10.1. The molecule has 5 aromatic rings. The Morgan fingerprint density at radius 1 is 0.875 bits per heavy atom. The van der Waals surface area contributed by atoms with Gasteiger partial charge in [-0.25, -0.2) is 9.37 Å². The van der Waals surface area contributed by atoms with Crippen molar-refractivity contribution in [1.29, 1.82) is 0 Å². The van der Waals surface area contributed by atoms with Gasteiger partial charge in [0.15, 0.2) is 5.76 Å². The standard InChI is InChI=1S/C26H16ClFN2O2/c27-21-7-3-1-6-19(21)24-13-14-25(32-24)23-15-20(18-5-2-4-8-22(18)30-23)26(31)29-17-11-9-16(28)10-12-17/h1-15H,(H,29,31). The number of benzene rings is 3. The number of amides is 1. The summed E-state index contributed by atoms with van der Waals surface area (Å²) < 4.78 is 19.2. The molecule has 0 saturated heterocycles. The monoisotopic (exact) mass is 442 g/mol. The van der Waals surface area contributed by atoms with E-state index in [0.29, 0.717) is 44.4 Å². The third-order valence-electron chi connectivity index (χ3n) is 5.06. The van der Waals surface area contributed by atoms with Crippen LogP contribution in [0.3, 0.4) is 0 Å². The van der Waals surface area contributed by atoms with Gasteiger partial charge in [-0.1, -0.05) is 41.9 Å². The number of anilines is 1. The molecule has 0 aliphatic carbocycles. The third-order valence-corrected chi connectivity index (χ3v) is 5.39. The van der Waals surface area contributed by atoms with Gasteiger partial charge in [0.2, 0.25) is 0 Å². The number of halogens is 2. The molecule has 4 nitrogen and oxygen atoms in total. The number of hydrogen-bond acceptors (Lipinski definition) is 3. The first-order valence-corrected chi connectivity index (χ1v) is 10.3. The number of fused-ring (bicyclic) bond motifs is 1. The Balaban J connectivity index is 1.56. The molecule has 156 valence electrons. The number of nitrogens with one attached hydrogen (secondary N) is 1. The molecule has 0 atom stereocenters. The lowest BCUT2D eigenvalue weighted by molar-refractivity contribution is 0.102. The van der Waals surface area contributed by atoms with E-state index < -0.39 is 0 Å². The normalized spacial score (nSPS) is 10.9. The van der Waals surface area contributed by atoms with E-state index in [1.165, 1.54) is 24.3 Å². The molecule has 0 bridgehead atoms. The maximum Gasteiger partial charge on any atom is 0.256 e. The highest BCUT2D eigenvalue weighted by Crippen LogP contribution is 2.33. The topological polar surface area (TPSA) is 55.1 Å². The number of pyridine rings is 1. The van der Waals surface area contributed by atoms with Gasteiger partial charge < -0.3 is 9.73 Å². The van der Waals surface area contributed by atoms with Crippen LogP contribution in [0.4, 0.5) is 10.1 Å². The van der Waals surface area contributed by atoms with Gasteiger partial charge in [0.1, 0.15) is 17.3 Å². The molecule has 0 spiro atoms. The van der Waals surface area contributed by atoms with Gasteiger partial charge in [-0.3, -0.25) is 4.79 Å². The maximum absolute atomic E-state index is 13.2. The number of para-hydroxylation sites is 1. The van der Waals surface area contributed by atoms with E-state index in [9.17, 15) is 9.18 Å². The molecule has 1 N–H and O–H groups in total. The second-order valence-corrected chi connectivity index (χ2v) is 7.58. The SMILES string of the molecule is O=C(Nc1ccc(F)cc1)c1cc(-c2ccc(-c3ccccc3Cl)o2)nc2ccccc12. The van der Waals surface area contributed by atoms with Crippen LogP contribution in [0.2, 0.25) is 5.02 Å². The summed E-state index contributed by atoms with van der Waals surface area (Å²) in [5.41, 5.74) is 2.88. The van der Waals surface area contributed by atoms with Crippen LogP contribution in [0.5, 0.6) is 0 Å².